The molecule has 0 unspecified atom stereocenters. The first kappa shape index (κ1) is 10.1. The van der Waals surface area contributed by atoms with Crippen molar-refractivity contribution in [1.29, 1.82) is 0 Å². The lowest BCUT2D eigenvalue weighted by molar-refractivity contribution is -0.325. The molecule has 0 radical (unpaired) electrons. The summed E-state index contributed by atoms with van der Waals surface area (Å²) in [6, 6.07) is 4.30. The number of carboxylic acids is 1. The zero-order chi connectivity index (χ0) is 10.1. The van der Waals surface area contributed by atoms with Crippen LogP contribution in [0.1, 0.15) is 10.4 Å². The SMILES string of the molecule is O=C(O)c1ccc([P+]([O-])([O-])O)cc1. The van der Waals surface area contributed by atoms with Crippen LogP contribution in [0, 0.1) is 0 Å². The summed E-state index contributed by atoms with van der Waals surface area (Å²) >= 11 is 0. The van der Waals surface area contributed by atoms with E-state index in [1.165, 1.54) is 0 Å². The maximum absolute atomic E-state index is 10.5. The Morgan fingerprint density at radius 3 is 2.00 bits per heavy atom. The molecule has 1 aromatic rings. The summed E-state index contributed by atoms with van der Waals surface area (Å²) in [5, 5.41) is 8.17. The van der Waals surface area contributed by atoms with Crippen molar-refractivity contribution in [2.45, 2.75) is 0 Å². The van der Waals surface area contributed by atoms with Crippen molar-refractivity contribution in [3.8, 4) is 0 Å². The van der Waals surface area contributed by atoms with Gasteiger partial charge in [-0.15, -0.1) is 0 Å². The Morgan fingerprint density at radius 2 is 1.69 bits per heavy atom. The second-order valence-electron chi connectivity index (χ2n) is 2.37. The molecular weight excluding hydrogens is 195 g/mol. The summed E-state index contributed by atoms with van der Waals surface area (Å²) in [7, 11) is -4.51. The summed E-state index contributed by atoms with van der Waals surface area (Å²) < 4.78 is 0. The second-order valence-corrected chi connectivity index (χ2v) is 3.93. The summed E-state index contributed by atoms with van der Waals surface area (Å²) in [4.78, 5) is 40.0. The van der Waals surface area contributed by atoms with E-state index < -0.39 is 13.9 Å². The van der Waals surface area contributed by atoms with Crippen molar-refractivity contribution in [2.24, 2.45) is 0 Å². The van der Waals surface area contributed by atoms with Gasteiger partial charge in [0.05, 0.1) is 13.5 Å². The molecule has 0 aliphatic rings. The monoisotopic (exact) mass is 201 g/mol. The first-order valence-corrected chi connectivity index (χ1v) is 4.87. The Kier molecular flexibility index (Phi) is 2.63. The van der Waals surface area contributed by atoms with Crippen molar-refractivity contribution < 1.29 is 24.6 Å². The number of carboxylic acid groups (broad SMARTS) is 1. The molecule has 0 spiro atoms. The molecule has 0 atom stereocenters. The zero-order valence-electron chi connectivity index (χ0n) is 6.38. The molecule has 2 N–H and O–H groups in total. The minimum atomic E-state index is -4.51. The minimum absolute atomic E-state index is 0.0304. The maximum Gasteiger partial charge on any atom is 0.335 e. The van der Waals surface area contributed by atoms with Crippen LogP contribution in [0.5, 0.6) is 0 Å². The van der Waals surface area contributed by atoms with E-state index in [0.717, 1.165) is 24.3 Å². The van der Waals surface area contributed by atoms with Gasteiger partial charge in [0.25, 0.3) is 0 Å². The number of aromatic carboxylic acids is 1. The van der Waals surface area contributed by atoms with Crippen LogP contribution >= 0.6 is 7.94 Å². The maximum atomic E-state index is 10.5. The highest BCUT2D eigenvalue weighted by Crippen LogP contribution is 2.31. The van der Waals surface area contributed by atoms with E-state index in [4.69, 9.17) is 10.00 Å². The van der Waals surface area contributed by atoms with Crippen molar-refractivity contribution in [1.82, 2.24) is 0 Å². The minimum Gasteiger partial charge on any atom is -0.655 e. The van der Waals surface area contributed by atoms with Crippen molar-refractivity contribution >= 4 is 19.2 Å². The largest absolute Gasteiger partial charge is 0.655 e. The van der Waals surface area contributed by atoms with E-state index in [2.05, 4.69) is 0 Å². The molecule has 0 saturated carbocycles. The summed E-state index contributed by atoms with van der Waals surface area (Å²) in [6.07, 6.45) is 0. The molecule has 0 aliphatic carbocycles. The molecular formula is C7H6O5P-. The summed E-state index contributed by atoms with van der Waals surface area (Å²) in [5.41, 5.74) is -0.0304. The second kappa shape index (κ2) is 3.40. The average Bonchev–Trinajstić information content (AvgIpc) is 2.03. The van der Waals surface area contributed by atoms with E-state index in [1.807, 2.05) is 0 Å². The molecule has 6 heteroatoms. The molecule has 1 rings (SSSR count). The molecule has 0 fully saturated rings. The number of rotatable bonds is 2. The van der Waals surface area contributed by atoms with Crippen LogP contribution in [0.2, 0.25) is 0 Å². The number of carbonyl (C=O) groups is 1. The third-order valence-corrected chi connectivity index (χ3v) is 2.39. The topological polar surface area (TPSA) is 104 Å². The van der Waals surface area contributed by atoms with Gasteiger partial charge in [0, 0.05) is 0 Å². The van der Waals surface area contributed by atoms with Crippen LogP contribution in [0.25, 0.3) is 0 Å². The molecule has 0 amide bonds. The summed E-state index contributed by atoms with van der Waals surface area (Å²) in [5.74, 6) is -1.15. The first-order chi connectivity index (χ1) is 5.91. The van der Waals surface area contributed by atoms with Gasteiger partial charge in [0.15, 0.2) is 0 Å². The molecule has 1 aromatic carbocycles. The molecule has 0 aliphatic heterocycles. The lowest BCUT2D eigenvalue weighted by Gasteiger charge is -2.27. The van der Waals surface area contributed by atoms with Crippen LogP contribution < -0.4 is 15.1 Å². The van der Waals surface area contributed by atoms with Gasteiger partial charge in [-0.3, -0.25) is 4.89 Å². The number of hydrogen-bond donors (Lipinski definition) is 2. The fourth-order valence-electron chi connectivity index (χ4n) is 0.792. The van der Waals surface area contributed by atoms with E-state index in [1.54, 1.807) is 0 Å². The fraction of sp³-hybridized carbons (Fsp3) is 0. The van der Waals surface area contributed by atoms with E-state index in [9.17, 15) is 14.6 Å². The molecule has 70 valence electrons. The highest BCUT2D eigenvalue weighted by molar-refractivity contribution is 7.64. The van der Waals surface area contributed by atoms with E-state index in [0.29, 0.717) is 0 Å². The molecule has 13 heavy (non-hydrogen) atoms. The van der Waals surface area contributed by atoms with Crippen LogP contribution in [0.4, 0.5) is 0 Å². The lowest BCUT2D eigenvalue weighted by Crippen LogP contribution is -2.31. The van der Waals surface area contributed by atoms with Crippen molar-refractivity contribution in [2.75, 3.05) is 0 Å². The Morgan fingerprint density at radius 1 is 1.23 bits per heavy atom. The fourth-order valence-corrected chi connectivity index (χ4v) is 1.32. The molecule has 0 aromatic heterocycles. The van der Waals surface area contributed by atoms with Gasteiger partial charge in [-0.25, -0.2) is 4.79 Å². The van der Waals surface area contributed by atoms with Gasteiger partial charge >= 0.3 is 5.97 Å². The Labute approximate surface area is 74.5 Å². The smallest absolute Gasteiger partial charge is 0.335 e. The van der Waals surface area contributed by atoms with E-state index >= 15 is 0 Å². The summed E-state index contributed by atoms with van der Waals surface area (Å²) in [6.45, 7) is 0. The van der Waals surface area contributed by atoms with E-state index in [-0.39, 0.29) is 10.9 Å². The van der Waals surface area contributed by atoms with Gasteiger partial charge in [0.2, 0.25) is 0 Å². The third-order valence-electron chi connectivity index (χ3n) is 1.44. The van der Waals surface area contributed by atoms with Crippen LogP contribution in [-0.4, -0.2) is 16.0 Å². The van der Waals surface area contributed by atoms with Crippen LogP contribution in [0.15, 0.2) is 24.3 Å². The number of hydrogen-bond acceptors (Lipinski definition) is 4. The molecule has 0 bridgehead atoms. The van der Waals surface area contributed by atoms with Gasteiger partial charge < -0.3 is 14.9 Å². The lowest BCUT2D eigenvalue weighted by atomic mass is 10.2. The zero-order valence-corrected chi connectivity index (χ0v) is 7.27. The highest BCUT2D eigenvalue weighted by atomic mass is 31.2. The Hall–Kier alpha value is -1.00. The quantitative estimate of drug-likeness (QED) is 0.566. The van der Waals surface area contributed by atoms with Crippen LogP contribution in [0.3, 0.4) is 0 Å². The van der Waals surface area contributed by atoms with Gasteiger partial charge in [-0.2, -0.15) is 0 Å². The van der Waals surface area contributed by atoms with Gasteiger partial charge in [-0.05, 0) is 24.3 Å². The van der Waals surface area contributed by atoms with Crippen LogP contribution in [-0.2, 0) is 0 Å². The van der Waals surface area contributed by atoms with Gasteiger partial charge in [0.1, 0.15) is 5.30 Å². The molecule has 0 heterocycles. The third kappa shape index (κ3) is 2.47. The highest BCUT2D eigenvalue weighted by Gasteiger charge is 2.12. The molecule has 5 nitrogen and oxygen atoms in total. The molecule has 0 saturated heterocycles. The normalized spacial score (nSPS) is 11.3. The Balaban J connectivity index is 3.01. The average molecular weight is 201 g/mol. The van der Waals surface area contributed by atoms with Crippen molar-refractivity contribution in [3.63, 3.8) is 0 Å². The van der Waals surface area contributed by atoms with Crippen molar-refractivity contribution in [3.05, 3.63) is 29.8 Å². The predicted molar refractivity (Wildman–Crippen MR) is 42.2 cm³/mol. The standard InChI is InChI=1S/C7H7O5P/c8-7(9)5-1-3-6(4-2-5)13(10,11)12/h1-4H,(H,8,9)(H2,10,11,12)/p-1. The van der Waals surface area contributed by atoms with Gasteiger partial charge in [-0.1, -0.05) is 0 Å². The first-order valence-electron chi connectivity index (χ1n) is 3.29. The predicted octanol–water partition coefficient (Wildman–Crippen LogP) is -1.51. The Bertz CT molecular complexity index is 313. The number of benzene rings is 1.